The number of ether oxygens (including phenoxy) is 1. The molecule has 0 spiro atoms. The minimum Gasteiger partial charge on any atom is -0.452 e. The summed E-state index contributed by atoms with van der Waals surface area (Å²) in [6.07, 6.45) is 0. The third kappa shape index (κ3) is 3.48. The molecule has 0 unspecified atom stereocenters. The van der Waals surface area contributed by atoms with Crippen LogP contribution in [0, 0.1) is 0 Å². The number of rotatable bonds is 3. The minimum atomic E-state index is -0.564. The molecular weight excluding hydrogens is 258 g/mol. The number of nitrogen functional groups attached to an aromatic ring is 1. The summed E-state index contributed by atoms with van der Waals surface area (Å²) in [7, 11) is 2.01. The average Bonchev–Trinajstić information content (AvgIpc) is 2.45. The van der Waals surface area contributed by atoms with Crippen LogP contribution in [0.2, 0.25) is 0 Å². The second kappa shape index (κ2) is 6.38. The van der Waals surface area contributed by atoms with E-state index in [-0.39, 0.29) is 12.5 Å². The molecule has 6 heteroatoms. The van der Waals surface area contributed by atoms with Crippen molar-refractivity contribution in [3.63, 3.8) is 0 Å². The average molecular weight is 277 g/mol. The Hall–Kier alpha value is -2.08. The molecule has 0 aromatic heterocycles. The molecule has 1 aromatic rings. The number of esters is 1. The number of nitrogens with two attached hydrogens (primary N) is 1. The van der Waals surface area contributed by atoms with Crippen LogP contribution < -0.4 is 5.73 Å². The number of anilines is 1. The highest BCUT2D eigenvalue weighted by atomic mass is 16.5. The molecule has 0 bridgehead atoms. The molecule has 2 rings (SSSR count). The smallest absolute Gasteiger partial charge is 0.340 e. The zero-order valence-electron chi connectivity index (χ0n) is 11.5. The van der Waals surface area contributed by atoms with Crippen molar-refractivity contribution >= 4 is 17.6 Å². The molecule has 1 amide bonds. The normalized spacial score (nSPS) is 15.9. The lowest BCUT2D eigenvalue weighted by molar-refractivity contribution is -0.136. The van der Waals surface area contributed by atoms with E-state index in [2.05, 4.69) is 4.90 Å². The fraction of sp³-hybridized carbons (Fsp3) is 0.429. The summed E-state index contributed by atoms with van der Waals surface area (Å²) in [5.41, 5.74) is 6.33. The van der Waals surface area contributed by atoms with Gasteiger partial charge in [0.1, 0.15) is 0 Å². The van der Waals surface area contributed by atoms with Crippen molar-refractivity contribution in [1.29, 1.82) is 0 Å². The first kappa shape index (κ1) is 14.3. The summed E-state index contributed by atoms with van der Waals surface area (Å²) in [6, 6.07) is 6.65. The van der Waals surface area contributed by atoms with Gasteiger partial charge < -0.3 is 20.3 Å². The SMILES string of the molecule is CN1CCN(C(=O)COC(=O)c2ccccc2N)CC1. The Morgan fingerprint density at radius 2 is 1.85 bits per heavy atom. The second-order valence-electron chi connectivity index (χ2n) is 4.85. The van der Waals surface area contributed by atoms with E-state index in [0.717, 1.165) is 13.1 Å². The van der Waals surface area contributed by atoms with Gasteiger partial charge in [-0.15, -0.1) is 0 Å². The Balaban J connectivity index is 1.84. The van der Waals surface area contributed by atoms with E-state index in [9.17, 15) is 9.59 Å². The van der Waals surface area contributed by atoms with Crippen LogP contribution in [0.5, 0.6) is 0 Å². The number of hydrogen-bond donors (Lipinski definition) is 1. The van der Waals surface area contributed by atoms with Crippen LogP contribution in [0.4, 0.5) is 5.69 Å². The topological polar surface area (TPSA) is 75.9 Å². The summed E-state index contributed by atoms with van der Waals surface area (Å²) < 4.78 is 5.03. The maximum atomic E-state index is 11.9. The summed E-state index contributed by atoms with van der Waals surface area (Å²) in [5.74, 6) is -0.730. The molecule has 2 N–H and O–H groups in total. The number of likely N-dealkylation sites (N-methyl/N-ethyl adjacent to an activating group) is 1. The number of carbonyl (C=O) groups excluding carboxylic acids is 2. The van der Waals surface area contributed by atoms with Gasteiger partial charge in [-0.25, -0.2) is 4.79 Å². The Morgan fingerprint density at radius 3 is 2.50 bits per heavy atom. The predicted octanol–water partition coefficient (Wildman–Crippen LogP) is 0.200. The molecule has 1 saturated heterocycles. The van der Waals surface area contributed by atoms with Crippen LogP contribution in [0.1, 0.15) is 10.4 Å². The summed E-state index contributed by atoms with van der Waals surface area (Å²) in [4.78, 5) is 27.6. The molecule has 108 valence electrons. The van der Waals surface area contributed by atoms with Crippen molar-refractivity contribution in [2.24, 2.45) is 0 Å². The minimum absolute atomic E-state index is 0.166. The van der Waals surface area contributed by atoms with Crippen LogP contribution >= 0.6 is 0 Å². The largest absolute Gasteiger partial charge is 0.452 e. The second-order valence-corrected chi connectivity index (χ2v) is 4.85. The van der Waals surface area contributed by atoms with Gasteiger partial charge in [-0.1, -0.05) is 12.1 Å². The Bertz CT molecular complexity index is 496. The van der Waals surface area contributed by atoms with Crippen molar-refractivity contribution in [1.82, 2.24) is 9.80 Å². The standard InChI is InChI=1S/C14H19N3O3/c1-16-6-8-17(9-7-16)13(18)10-20-14(19)11-4-2-3-5-12(11)15/h2-5H,6-10,15H2,1H3. The molecule has 0 radical (unpaired) electrons. The van der Waals surface area contributed by atoms with E-state index in [4.69, 9.17) is 10.5 Å². The number of para-hydroxylation sites is 1. The van der Waals surface area contributed by atoms with Gasteiger partial charge in [0.05, 0.1) is 5.56 Å². The van der Waals surface area contributed by atoms with Gasteiger partial charge in [-0.2, -0.15) is 0 Å². The van der Waals surface area contributed by atoms with Crippen molar-refractivity contribution in [2.75, 3.05) is 45.6 Å². The van der Waals surface area contributed by atoms with Crippen molar-refractivity contribution in [3.8, 4) is 0 Å². The molecule has 1 aliphatic rings. The summed E-state index contributed by atoms with van der Waals surface area (Å²) >= 11 is 0. The zero-order chi connectivity index (χ0) is 14.5. The fourth-order valence-corrected chi connectivity index (χ4v) is 2.04. The molecular formula is C14H19N3O3. The third-order valence-corrected chi connectivity index (χ3v) is 3.36. The number of amides is 1. The maximum absolute atomic E-state index is 11.9. The van der Waals surface area contributed by atoms with Gasteiger partial charge in [0.15, 0.2) is 6.61 Å². The zero-order valence-corrected chi connectivity index (χ0v) is 11.5. The van der Waals surface area contributed by atoms with Crippen LogP contribution in [0.15, 0.2) is 24.3 Å². The Labute approximate surface area is 118 Å². The fourth-order valence-electron chi connectivity index (χ4n) is 2.04. The molecule has 6 nitrogen and oxygen atoms in total. The molecule has 1 heterocycles. The molecule has 20 heavy (non-hydrogen) atoms. The number of carbonyl (C=O) groups is 2. The number of piperazine rings is 1. The van der Waals surface area contributed by atoms with E-state index >= 15 is 0 Å². The monoisotopic (exact) mass is 277 g/mol. The first-order valence-corrected chi connectivity index (χ1v) is 6.56. The van der Waals surface area contributed by atoms with E-state index in [1.807, 2.05) is 7.05 Å². The van der Waals surface area contributed by atoms with Crippen molar-refractivity contribution in [2.45, 2.75) is 0 Å². The highest BCUT2D eigenvalue weighted by Crippen LogP contribution is 2.11. The number of nitrogens with zero attached hydrogens (tertiary/aromatic N) is 2. The molecule has 1 aliphatic heterocycles. The van der Waals surface area contributed by atoms with Crippen molar-refractivity contribution in [3.05, 3.63) is 29.8 Å². The molecule has 0 aliphatic carbocycles. The van der Waals surface area contributed by atoms with Gasteiger partial charge >= 0.3 is 5.97 Å². The summed E-state index contributed by atoms with van der Waals surface area (Å²) in [5, 5.41) is 0. The van der Waals surface area contributed by atoms with Gasteiger partial charge in [0.25, 0.3) is 5.91 Å². The molecule has 0 atom stereocenters. The Morgan fingerprint density at radius 1 is 1.20 bits per heavy atom. The van der Waals surface area contributed by atoms with E-state index < -0.39 is 5.97 Å². The first-order chi connectivity index (χ1) is 9.58. The maximum Gasteiger partial charge on any atom is 0.340 e. The third-order valence-electron chi connectivity index (χ3n) is 3.36. The predicted molar refractivity (Wildman–Crippen MR) is 75.2 cm³/mol. The van der Waals surface area contributed by atoms with E-state index in [0.29, 0.717) is 24.3 Å². The number of hydrogen-bond acceptors (Lipinski definition) is 5. The quantitative estimate of drug-likeness (QED) is 0.631. The van der Waals surface area contributed by atoms with Crippen LogP contribution in [-0.2, 0) is 9.53 Å². The van der Waals surface area contributed by atoms with Crippen molar-refractivity contribution < 1.29 is 14.3 Å². The Kier molecular flexibility index (Phi) is 4.57. The van der Waals surface area contributed by atoms with Crippen LogP contribution in [0.25, 0.3) is 0 Å². The highest BCUT2D eigenvalue weighted by molar-refractivity contribution is 5.96. The molecule has 1 aromatic carbocycles. The van der Waals surface area contributed by atoms with E-state index in [1.54, 1.807) is 29.2 Å². The lowest BCUT2D eigenvalue weighted by Gasteiger charge is -2.32. The lowest BCUT2D eigenvalue weighted by Crippen LogP contribution is -2.48. The van der Waals surface area contributed by atoms with Crippen LogP contribution in [0.3, 0.4) is 0 Å². The van der Waals surface area contributed by atoms with Gasteiger partial charge in [0, 0.05) is 31.9 Å². The van der Waals surface area contributed by atoms with Crippen LogP contribution in [-0.4, -0.2) is 61.5 Å². The van der Waals surface area contributed by atoms with Gasteiger partial charge in [-0.3, -0.25) is 4.79 Å². The van der Waals surface area contributed by atoms with E-state index in [1.165, 1.54) is 0 Å². The molecule has 0 saturated carbocycles. The first-order valence-electron chi connectivity index (χ1n) is 6.56. The summed E-state index contributed by atoms with van der Waals surface area (Å²) in [6.45, 7) is 2.77. The highest BCUT2D eigenvalue weighted by Gasteiger charge is 2.20. The number of benzene rings is 1. The lowest BCUT2D eigenvalue weighted by atomic mass is 10.2. The molecule has 1 fully saturated rings. The van der Waals surface area contributed by atoms with Gasteiger partial charge in [-0.05, 0) is 19.2 Å². The van der Waals surface area contributed by atoms with Gasteiger partial charge in [0.2, 0.25) is 0 Å².